The van der Waals surface area contributed by atoms with Crippen molar-refractivity contribution in [3.63, 3.8) is 0 Å². The Morgan fingerprint density at radius 3 is 1.34 bits per heavy atom. The number of unbranched alkanes of at least 4 members (excludes halogenated alkanes) is 14. The fraction of sp³-hybridized carbons (Fsp3) is 0.943. The van der Waals surface area contributed by atoms with Crippen molar-refractivity contribution < 1.29 is 0 Å². The van der Waals surface area contributed by atoms with Gasteiger partial charge in [0, 0.05) is 0 Å². The molecule has 0 heteroatoms. The lowest BCUT2D eigenvalue weighted by molar-refractivity contribution is 0.322. The molecule has 0 aliphatic heterocycles. The summed E-state index contributed by atoms with van der Waals surface area (Å²) < 4.78 is 0. The Balaban J connectivity index is 3.44. The highest BCUT2D eigenvalue weighted by atomic mass is 14.2. The number of allylic oxidation sites excluding steroid dienone is 2. The first-order valence-corrected chi connectivity index (χ1v) is 16.7. The Morgan fingerprint density at radius 1 is 0.429 bits per heavy atom. The van der Waals surface area contributed by atoms with Gasteiger partial charge in [-0.15, -0.1) is 0 Å². The maximum absolute atomic E-state index is 2.50. The van der Waals surface area contributed by atoms with Crippen LogP contribution in [-0.2, 0) is 0 Å². The molecule has 4 atom stereocenters. The maximum Gasteiger partial charge on any atom is -0.0262 e. The van der Waals surface area contributed by atoms with Gasteiger partial charge in [0.25, 0.3) is 0 Å². The molecule has 0 N–H and O–H groups in total. The predicted octanol–water partition coefficient (Wildman–Crippen LogP) is 13.1. The molecule has 0 aliphatic rings. The number of rotatable bonds is 27. The van der Waals surface area contributed by atoms with Crippen LogP contribution in [0.15, 0.2) is 12.2 Å². The highest BCUT2D eigenvalue weighted by molar-refractivity contribution is 4.86. The third-order valence-corrected chi connectivity index (χ3v) is 8.64. The first-order valence-electron chi connectivity index (χ1n) is 16.7. The molecule has 0 aliphatic carbocycles. The molecule has 0 rings (SSSR count). The number of hydrogen-bond acceptors (Lipinski definition) is 0. The van der Waals surface area contributed by atoms with E-state index in [0.29, 0.717) is 0 Å². The minimum Gasteiger partial charge on any atom is -0.0883 e. The molecule has 4 unspecified atom stereocenters. The Bertz CT molecular complexity index is 422. The van der Waals surface area contributed by atoms with Gasteiger partial charge in [-0.1, -0.05) is 182 Å². The highest BCUT2D eigenvalue weighted by Crippen LogP contribution is 2.24. The van der Waals surface area contributed by atoms with E-state index in [1.807, 2.05) is 0 Å². The van der Waals surface area contributed by atoms with Crippen LogP contribution in [0.25, 0.3) is 0 Å². The van der Waals surface area contributed by atoms with Gasteiger partial charge in [-0.2, -0.15) is 0 Å². The zero-order chi connectivity index (χ0) is 26.0. The zero-order valence-corrected chi connectivity index (χ0v) is 25.7. The predicted molar refractivity (Wildman–Crippen MR) is 163 cm³/mol. The Morgan fingerprint density at radius 2 is 0.829 bits per heavy atom. The third kappa shape index (κ3) is 25.2. The fourth-order valence-electron chi connectivity index (χ4n) is 5.52. The first-order chi connectivity index (χ1) is 17.0. The van der Waals surface area contributed by atoms with Gasteiger partial charge in [-0.3, -0.25) is 0 Å². The lowest BCUT2D eigenvalue weighted by atomic mass is 9.86. The Kier molecular flexibility index (Phi) is 26.6. The van der Waals surface area contributed by atoms with Crippen LogP contribution in [0.5, 0.6) is 0 Å². The molecule has 0 nitrogen and oxygen atoms in total. The van der Waals surface area contributed by atoms with Gasteiger partial charge in [0.1, 0.15) is 0 Å². The maximum atomic E-state index is 2.50. The molecule has 210 valence electrons. The van der Waals surface area contributed by atoms with Crippen LogP contribution in [0.2, 0.25) is 0 Å². The molecule has 0 aromatic rings. The largest absolute Gasteiger partial charge is 0.0883 e. The summed E-state index contributed by atoms with van der Waals surface area (Å²) in [4.78, 5) is 0. The SMILES string of the molecule is CCCCC/C=C/C(C)CCCCCCCC(C)CCCCCCCC(C)C(C)CCCCCC. The molecule has 0 bridgehead atoms. The summed E-state index contributed by atoms with van der Waals surface area (Å²) in [6.45, 7) is 14.5. The molecule has 0 fully saturated rings. The molecule has 0 aromatic heterocycles. The van der Waals surface area contributed by atoms with Crippen molar-refractivity contribution in [1.29, 1.82) is 0 Å². The summed E-state index contributed by atoms with van der Waals surface area (Å²) in [5, 5.41) is 0. The smallest absolute Gasteiger partial charge is 0.0262 e. The van der Waals surface area contributed by atoms with E-state index in [1.54, 1.807) is 0 Å². The normalized spacial score (nSPS) is 15.5. The van der Waals surface area contributed by atoms with Gasteiger partial charge in [0.05, 0.1) is 0 Å². The summed E-state index contributed by atoms with van der Waals surface area (Å²) in [5.41, 5.74) is 0. The Hall–Kier alpha value is -0.260. The highest BCUT2D eigenvalue weighted by Gasteiger charge is 2.11. The standard InChI is InChI=1S/C35H70/c1-7-9-11-15-20-26-32(3)27-21-16-13-17-22-28-33(4)29-23-18-14-19-25-31-35(6)34(5)30-24-12-10-8-2/h20,26,32-35H,7-19,21-25,27-31H2,1-6H3/b26-20+. The van der Waals surface area contributed by atoms with Gasteiger partial charge in [-0.25, -0.2) is 0 Å². The second kappa shape index (κ2) is 26.8. The van der Waals surface area contributed by atoms with Gasteiger partial charge in [-0.05, 0) is 42.9 Å². The van der Waals surface area contributed by atoms with E-state index in [9.17, 15) is 0 Å². The van der Waals surface area contributed by atoms with Crippen molar-refractivity contribution in [1.82, 2.24) is 0 Å². The summed E-state index contributed by atoms with van der Waals surface area (Å²) in [5.74, 6) is 3.58. The molecule has 0 amide bonds. The van der Waals surface area contributed by atoms with Crippen molar-refractivity contribution >= 4 is 0 Å². The third-order valence-electron chi connectivity index (χ3n) is 8.64. The van der Waals surface area contributed by atoms with Crippen LogP contribution in [0.4, 0.5) is 0 Å². The van der Waals surface area contributed by atoms with Crippen molar-refractivity contribution in [2.75, 3.05) is 0 Å². The molecular formula is C35H70. The van der Waals surface area contributed by atoms with E-state index >= 15 is 0 Å². The van der Waals surface area contributed by atoms with E-state index in [0.717, 1.165) is 23.7 Å². The van der Waals surface area contributed by atoms with E-state index in [1.165, 1.54) is 148 Å². The summed E-state index contributed by atoms with van der Waals surface area (Å²) in [6, 6.07) is 0. The van der Waals surface area contributed by atoms with Crippen molar-refractivity contribution in [3.8, 4) is 0 Å². The quantitative estimate of drug-likeness (QED) is 0.0793. The van der Waals surface area contributed by atoms with Gasteiger partial charge < -0.3 is 0 Å². The van der Waals surface area contributed by atoms with Crippen LogP contribution in [0.1, 0.15) is 189 Å². The van der Waals surface area contributed by atoms with E-state index in [-0.39, 0.29) is 0 Å². The average Bonchev–Trinajstić information content (AvgIpc) is 2.85. The van der Waals surface area contributed by atoms with E-state index in [4.69, 9.17) is 0 Å². The lowest BCUT2D eigenvalue weighted by Gasteiger charge is -2.19. The monoisotopic (exact) mass is 491 g/mol. The van der Waals surface area contributed by atoms with Gasteiger partial charge in [0.2, 0.25) is 0 Å². The number of hydrogen-bond donors (Lipinski definition) is 0. The molecule has 0 heterocycles. The summed E-state index contributed by atoms with van der Waals surface area (Å²) in [7, 11) is 0. The zero-order valence-electron chi connectivity index (χ0n) is 25.7. The molecule has 0 radical (unpaired) electrons. The lowest BCUT2D eigenvalue weighted by Crippen LogP contribution is -2.08. The van der Waals surface area contributed by atoms with Gasteiger partial charge >= 0.3 is 0 Å². The molecule has 0 saturated carbocycles. The van der Waals surface area contributed by atoms with Crippen molar-refractivity contribution in [2.24, 2.45) is 23.7 Å². The molecule has 0 aromatic carbocycles. The van der Waals surface area contributed by atoms with Crippen LogP contribution in [-0.4, -0.2) is 0 Å². The molecule has 0 spiro atoms. The van der Waals surface area contributed by atoms with E-state index in [2.05, 4.69) is 53.7 Å². The first kappa shape index (κ1) is 34.7. The minimum atomic E-state index is 0.781. The Labute approximate surface area is 224 Å². The average molecular weight is 491 g/mol. The minimum absolute atomic E-state index is 0.781. The topological polar surface area (TPSA) is 0 Å². The van der Waals surface area contributed by atoms with Crippen LogP contribution < -0.4 is 0 Å². The second-order valence-corrected chi connectivity index (χ2v) is 12.5. The summed E-state index contributed by atoms with van der Waals surface area (Å²) in [6.07, 6.45) is 37.8. The van der Waals surface area contributed by atoms with Crippen molar-refractivity contribution in [2.45, 2.75) is 189 Å². The fourth-order valence-corrected chi connectivity index (χ4v) is 5.52. The van der Waals surface area contributed by atoms with Crippen LogP contribution >= 0.6 is 0 Å². The molecular weight excluding hydrogens is 420 g/mol. The molecule has 0 saturated heterocycles. The van der Waals surface area contributed by atoms with Crippen LogP contribution in [0, 0.1) is 23.7 Å². The van der Waals surface area contributed by atoms with Gasteiger partial charge in [0.15, 0.2) is 0 Å². The second-order valence-electron chi connectivity index (χ2n) is 12.5. The van der Waals surface area contributed by atoms with Crippen molar-refractivity contribution in [3.05, 3.63) is 12.2 Å². The van der Waals surface area contributed by atoms with E-state index < -0.39 is 0 Å². The summed E-state index contributed by atoms with van der Waals surface area (Å²) >= 11 is 0. The van der Waals surface area contributed by atoms with Crippen LogP contribution in [0.3, 0.4) is 0 Å². The molecule has 35 heavy (non-hydrogen) atoms.